The van der Waals surface area contributed by atoms with Crippen molar-refractivity contribution >= 4 is 29.1 Å². The Bertz CT molecular complexity index is 507. The zero-order valence-corrected chi connectivity index (χ0v) is 12.5. The molecule has 1 rings (SSSR count). The first kappa shape index (κ1) is 16.3. The molecule has 20 heavy (non-hydrogen) atoms. The zero-order chi connectivity index (χ0) is 15.3. The summed E-state index contributed by atoms with van der Waals surface area (Å²) in [6, 6.07) is 4.13. The molecule has 7 heteroatoms. The number of nitro groups is 1. The summed E-state index contributed by atoms with van der Waals surface area (Å²) in [6.07, 6.45) is 2.91. The fourth-order valence-corrected chi connectivity index (χ4v) is 2.40. The van der Waals surface area contributed by atoms with Crippen LogP contribution >= 0.6 is 11.8 Å². The lowest BCUT2D eigenvalue weighted by atomic mass is 10.1. The smallest absolute Gasteiger partial charge is 0.335 e. The van der Waals surface area contributed by atoms with Crippen LogP contribution in [0.25, 0.3) is 0 Å². The van der Waals surface area contributed by atoms with Gasteiger partial charge in [-0.2, -0.15) is 11.8 Å². The average Bonchev–Trinajstić information content (AvgIpc) is 2.42. The van der Waals surface area contributed by atoms with Crippen LogP contribution in [0.1, 0.15) is 23.7 Å². The van der Waals surface area contributed by atoms with Gasteiger partial charge in [-0.1, -0.05) is 0 Å². The van der Waals surface area contributed by atoms with Crippen molar-refractivity contribution in [2.75, 3.05) is 24.0 Å². The van der Waals surface area contributed by atoms with Crippen molar-refractivity contribution < 1.29 is 14.8 Å². The minimum Gasteiger partial charge on any atom is -0.478 e. The lowest BCUT2D eigenvalue weighted by Gasteiger charge is -2.26. The standard InChI is InChI=1S/C13H18N2O4S/c1-9(6-7-20-3)14(2)11-5-4-10(13(16)17)8-12(11)15(18)19/h4-5,8-9H,6-7H2,1-3H3,(H,16,17). The van der Waals surface area contributed by atoms with E-state index in [1.165, 1.54) is 12.1 Å². The van der Waals surface area contributed by atoms with Gasteiger partial charge in [0.05, 0.1) is 10.5 Å². The van der Waals surface area contributed by atoms with E-state index in [-0.39, 0.29) is 17.3 Å². The van der Waals surface area contributed by atoms with Crippen LogP contribution in [0.3, 0.4) is 0 Å². The van der Waals surface area contributed by atoms with Gasteiger partial charge in [0, 0.05) is 19.2 Å². The van der Waals surface area contributed by atoms with E-state index in [4.69, 9.17) is 5.11 Å². The van der Waals surface area contributed by atoms with Gasteiger partial charge in [0.15, 0.2) is 0 Å². The van der Waals surface area contributed by atoms with Crippen molar-refractivity contribution in [2.45, 2.75) is 19.4 Å². The fraction of sp³-hybridized carbons (Fsp3) is 0.462. The molecule has 6 nitrogen and oxygen atoms in total. The highest BCUT2D eigenvalue weighted by Crippen LogP contribution is 2.30. The van der Waals surface area contributed by atoms with Crippen molar-refractivity contribution in [1.29, 1.82) is 0 Å². The van der Waals surface area contributed by atoms with Crippen LogP contribution in [-0.4, -0.2) is 41.1 Å². The Morgan fingerprint density at radius 3 is 2.70 bits per heavy atom. The van der Waals surface area contributed by atoms with E-state index in [1.54, 1.807) is 18.8 Å². The number of hydrogen-bond acceptors (Lipinski definition) is 5. The van der Waals surface area contributed by atoms with Gasteiger partial charge in [-0.25, -0.2) is 4.79 Å². The third-order valence-electron chi connectivity index (χ3n) is 3.20. The molecule has 0 aliphatic carbocycles. The second-order valence-electron chi connectivity index (χ2n) is 4.51. The molecule has 0 radical (unpaired) electrons. The number of carboxylic acid groups (broad SMARTS) is 1. The summed E-state index contributed by atoms with van der Waals surface area (Å²) in [5.74, 6) is -0.204. The lowest BCUT2D eigenvalue weighted by molar-refractivity contribution is -0.384. The predicted molar refractivity (Wildman–Crippen MR) is 80.9 cm³/mol. The van der Waals surface area contributed by atoms with Crippen molar-refractivity contribution in [1.82, 2.24) is 0 Å². The molecule has 0 fully saturated rings. The van der Waals surface area contributed by atoms with Crippen LogP contribution in [0.2, 0.25) is 0 Å². The summed E-state index contributed by atoms with van der Waals surface area (Å²) in [7, 11) is 1.79. The topological polar surface area (TPSA) is 83.7 Å². The van der Waals surface area contributed by atoms with E-state index in [0.717, 1.165) is 18.2 Å². The second-order valence-corrected chi connectivity index (χ2v) is 5.49. The first-order valence-electron chi connectivity index (χ1n) is 6.12. The van der Waals surface area contributed by atoms with Gasteiger partial charge in [-0.05, 0) is 37.5 Å². The molecule has 0 heterocycles. The average molecular weight is 298 g/mol. The molecule has 0 spiro atoms. The summed E-state index contributed by atoms with van der Waals surface area (Å²) in [5.41, 5.74) is 0.183. The van der Waals surface area contributed by atoms with Crippen molar-refractivity contribution in [3.63, 3.8) is 0 Å². The van der Waals surface area contributed by atoms with Gasteiger partial charge in [-0.3, -0.25) is 10.1 Å². The summed E-state index contributed by atoms with van der Waals surface area (Å²) in [4.78, 5) is 23.3. The summed E-state index contributed by atoms with van der Waals surface area (Å²) in [5, 5.41) is 20.0. The number of nitro benzene ring substituents is 1. The van der Waals surface area contributed by atoms with E-state index in [0.29, 0.717) is 5.69 Å². The molecule has 0 aromatic heterocycles. The van der Waals surface area contributed by atoms with Crippen LogP contribution in [-0.2, 0) is 0 Å². The van der Waals surface area contributed by atoms with E-state index < -0.39 is 10.9 Å². The summed E-state index contributed by atoms with van der Waals surface area (Å²) >= 11 is 1.72. The number of thioether (sulfide) groups is 1. The molecule has 1 aromatic carbocycles. The van der Waals surface area contributed by atoms with Crippen LogP contribution in [0.5, 0.6) is 0 Å². The van der Waals surface area contributed by atoms with E-state index in [1.807, 2.05) is 18.1 Å². The number of benzene rings is 1. The molecule has 110 valence electrons. The molecule has 0 aliphatic rings. The van der Waals surface area contributed by atoms with Crippen molar-refractivity contribution in [2.24, 2.45) is 0 Å². The normalized spacial score (nSPS) is 11.9. The third kappa shape index (κ3) is 3.86. The number of anilines is 1. The van der Waals surface area contributed by atoms with Gasteiger partial charge in [0.2, 0.25) is 0 Å². The van der Waals surface area contributed by atoms with Gasteiger partial charge >= 0.3 is 5.97 Å². The number of nitrogens with zero attached hydrogens (tertiary/aromatic N) is 2. The number of carbonyl (C=O) groups is 1. The SMILES string of the molecule is CSCCC(C)N(C)c1ccc(C(=O)O)cc1[N+](=O)[O-]. The zero-order valence-electron chi connectivity index (χ0n) is 11.7. The van der Waals surface area contributed by atoms with Crippen molar-refractivity contribution in [3.05, 3.63) is 33.9 Å². The van der Waals surface area contributed by atoms with Gasteiger partial charge in [0.25, 0.3) is 5.69 Å². The highest BCUT2D eigenvalue weighted by atomic mass is 32.2. The summed E-state index contributed by atoms with van der Waals surface area (Å²) in [6.45, 7) is 1.99. The molecule has 0 aliphatic heterocycles. The van der Waals surface area contributed by atoms with Gasteiger partial charge in [0.1, 0.15) is 5.69 Å². The Labute approximate surface area is 121 Å². The van der Waals surface area contributed by atoms with Crippen LogP contribution in [0.15, 0.2) is 18.2 Å². The van der Waals surface area contributed by atoms with Gasteiger partial charge < -0.3 is 10.0 Å². The third-order valence-corrected chi connectivity index (χ3v) is 3.84. The minimum atomic E-state index is -1.17. The van der Waals surface area contributed by atoms with Crippen LogP contribution in [0.4, 0.5) is 11.4 Å². The highest BCUT2D eigenvalue weighted by molar-refractivity contribution is 7.98. The molecule has 1 N–H and O–H groups in total. The van der Waals surface area contributed by atoms with Gasteiger partial charge in [-0.15, -0.1) is 0 Å². The van der Waals surface area contributed by atoms with E-state index in [9.17, 15) is 14.9 Å². The quantitative estimate of drug-likeness (QED) is 0.615. The Morgan fingerprint density at radius 2 is 2.20 bits per heavy atom. The number of carboxylic acids is 1. The minimum absolute atomic E-state index is 0.0781. The Hall–Kier alpha value is -1.76. The predicted octanol–water partition coefficient (Wildman–Crippen LogP) is 2.87. The Morgan fingerprint density at radius 1 is 1.55 bits per heavy atom. The molecule has 0 saturated heterocycles. The van der Waals surface area contributed by atoms with Crippen LogP contribution < -0.4 is 4.90 Å². The maximum Gasteiger partial charge on any atom is 0.335 e. The summed E-state index contributed by atoms with van der Waals surface area (Å²) < 4.78 is 0. The monoisotopic (exact) mass is 298 g/mol. The molecule has 1 aromatic rings. The van der Waals surface area contributed by atoms with E-state index >= 15 is 0 Å². The number of rotatable bonds is 7. The molecular formula is C13H18N2O4S. The maximum absolute atomic E-state index is 11.1. The molecular weight excluding hydrogens is 280 g/mol. The number of hydrogen-bond donors (Lipinski definition) is 1. The number of aromatic carboxylic acids is 1. The molecule has 1 atom stereocenters. The molecule has 0 saturated carbocycles. The Balaban J connectivity index is 3.10. The first-order chi connectivity index (χ1) is 9.38. The second kappa shape index (κ2) is 7.14. The largest absolute Gasteiger partial charge is 0.478 e. The fourth-order valence-electron chi connectivity index (χ4n) is 1.82. The van der Waals surface area contributed by atoms with Crippen LogP contribution in [0, 0.1) is 10.1 Å². The molecule has 0 bridgehead atoms. The molecule has 1 unspecified atom stereocenters. The van der Waals surface area contributed by atoms with Crippen molar-refractivity contribution in [3.8, 4) is 0 Å². The molecule has 0 amide bonds. The maximum atomic E-state index is 11.1. The Kier molecular flexibility index (Phi) is 5.82. The first-order valence-corrected chi connectivity index (χ1v) is 7.51. The lowest BCUT2D eigenvalue weighted by Crippen LogP contribution is -2.30. The van der Waals surface area contributed by atoms with E-state index in [2.05, 4.69) is 0 Å². The highest BCUT2D eigenvalue weighted by Gasteiger charge is 2.22.